The smallest absolute Gasteiger partial charge is 0.192 e. The van der Waals surface area contributed by atoms with E-state index in [0.717, 1.165) is 18.3 Å². The third-order valence-electron chi connectivity index (χ3n) is 2.68. The van der Waals surface area contributed by atoms with Crippen molar-refractivity contribution in [2.75, 3.05) is 6.54 Å². The van der Waals surface area contributed by atoms with Crippen molar-refractivity contribution < 1.29 is 8.78 Å². The van der Waals surface area contributed by atoms with Crippen LogP contribution in [0.5, 0.6) is 0 Å². The van der Waals surface area contributed by atoms with Gasteiger partial charge in [0.2, 0.25) is 0 Å². The van der Waals surface area contributed by atoms with E-state index in [1.54, 1.807) is 6.07 Å². The number of aromatic nitrogens is 2. The van der Waals surface area contributed by atoms with E-state index >= 15 is 0 Å². The molecule has 0 spiro atoms. The molecule has 6 heteroatoms. The van der Waals surface area contributed by atoms with Gasteiger partial charge in [0.15, 0.2) is 5.16 Å². The Hall–Kier alpha value is -1.53. The third kappa shape index (κ3) is 4.75. The molecule has 0 aliphatic rings. The number of nitrogens with one attached hydrogen (secondary N) is 1. The molecule has 0 atom stereocenters. The predicted octanol–water partition coefficient (Wildman–Crippen LogP) is 3.65. The van der Waals surface area contributed by atoms with Gasteiger partial charge in [-0.1, -0.05) is 13.8 Å². The molecule has 0 bridgehead atoms. The zero-order chi connectivity index (χ0) is 15.2. The molecule has 0 aliphatic carbocycles. The fraction of sp³-hybridized carbons (Fsp3) is 0.333. The van der Waals surface area contributed by atoms with Gasteiger partial charge in [0.05, 0.1) is 4.90 Å². The lowest BCUT2D eigenvalue weighted by Gasteiger charge is -2.09. The number of nitrogens with zero attached hydrogens (tertiary/aromatic N) is 2. The van der Waals surface area contributed by atoms with Crippen LogP contribution in [0.2, 0.25) is 0 Å². The van der Waals surface area contributed by atoms with Crippen LogP contribution in [-0.2, 0) is 6.54 Å². The van der Waals surface area contributed by atoms with Gasteiger partial charge < -0.3 is 5.32 Å². The maximum atomic E-state index is 14.0. The highest BCUT2D eigenvalue weighted by Gasteiger charge is 2.14. The molecule has 112 valence electrons. The fourth-order valence-electron chi connectivity index (χ4n) is 1.75. The molecule has 21 heavy (non-hydrogen) atoms. The molecule has 0 amide bonds. The molecular formula is C15H17F2N3S. The Balaban J connectivity index is 2.10. The van der Waals surface area contributed by atoms with Gasteiger partial charge in [-0.05, 0) is 48.0 Å². The molecular weight excluding hydrogens is 292 g/mol. The Bertz CT molecular complexity index is 568. The minimum atomic E-state index is -0.589. The van der Waals surface area contributed by atoms with E-state index in [0.29, 0.717) is 23.2 Å². The normalized spacial score (nSPS) is 11.1. The SMILES string of the molecule is CC(C)CNCc1cc(F)c(Sc2ncccn2)c(F)c1. The minimum absolute atomic E-state index is 0.0752. The summed E-state index contributed by atoms with van der Waals surface area (Å²) in [5.41, 5.74) is 0.587. The van der Waals surface area contributed by atoms with Crippen LogP contribution < -0.4 is 5.32 Å². The van der Waals surface area contributed by atoms with Crippen LogP contribution in [0.3, 0.4) is 0 Å². The maximum Gasteiger partial charge on any atom is 0.192 e. The Morgan fingerprint density at radius 1 is 1.14 bits per heavy atom. The van der Waals surface area contributed by atoms with Crippen molar-refractivity contribution in [2.24, 2.45) is 5.92 Å². The summed E-state index contributed by atoms with van der Waals surface area (Å²) >= 11 is 0.886. The Kier molecular flexibility index (Phi) is 5.64. The molecule has 0 fully saturated rings. The second-order valence-electron chi connectivity index (χ2n) is 5.05. The van der Waals surface area contributed by atoms with E-state index in [1.165, 1.54) is 24.5 Å². The fourth-order valence-corrected chi connectivity index (χ4v) is 2.47. The van der Waals surface area contributed by atoms with Crippen molar-refractivity contribution in [3.05, 3.63) is 47.8 Å². The average Bonchev–Trinajstić information content (AvgIpc) is 2.44. The van der Waals surface area contributed by atoms with E-state index in [1.807, 2.05) is 0 Å². The predicted molar refractivity (Wildman–Crippen MR) is 79.1 cm³/mol. The zero-order valence-corrected chi connectivity index (χ0v) is 12.8. The van der Waals surface area contributed by atoms with Gasteiger partial charge in [0.1, 0.15) is 11.6 Å². The number of halogens is 2. The molecule has 0 unspecified atom stereocenters. The summed E-state index contributed by atoms with van der Waals surface area (Å²) < 4.78 is 28.1. The quantitative estimate of drug-likeness (QED) is 0.827. The van der Waals surface area contributed by atoms with Crippen LogP contribution in [-0.4, -0.2) is 16.5 Å². The molecule has 1 heterocycles. The van der Waals surface area contributed by atoms with Gasteiger partial charge in [-0.2, -0.15) is 0 Å². The molecule has 0 radical (unpaired) electrons. The number of rotatable bonds is 6. The number of hydrogen-bond acceptors (Lipinski definition) is 4. The maximum absolute atomic E-state index is 14.0. The summed E-state index contributed by atoms with van der Waals surface area (Å²) in [5, 5.41) is 3.48. The van der Waals surface area contributed by atoms with E-state index in [2.05, 4.69) is 29.1 Å². The van der Waals surface area contributed by atoms with Crippen molar-refractivity contribution in [3.63, 3.8) is 0 Å². The van der Waals surface area contributed by atoms with E-state index in [9.17, 15) is 8.78 Å². The van der Waals surface area contributed by atoms with Crippen molar-refractivity contribution in [3.8, 4) is 0 Å². The second kappa shape index (κ2) is 7.47. The summed E-state index contributed by atoms with van der Waals surface area (Å²) in [6.07, 6.45) is 3.07. The number of benzene rings is 1. The van der Waals surface area contributed by atoms with E-state index in [4.69, 9.17) is 0 Å². The Labute approximate surface area is 127 Å². The van der Waals surface area contributed by atoms with Gasteiger partial charge >= 0.3 is 0 Å². The van der Waals surface area contributed by atoms with Crippen LogP contribution in [0, 0.1) is 17.6 Å². The molecule has 1 aromatic carbocycles. The lowest BCUT2D eigenvalue weighted by Crippen LogP contribution is -2.19. The molecule has 2 aromatic rings. The van der Waals surface area contributed by atoms with Gasteiger partial charge in [0, 0.05) is 18.9 Å². The summed E-state index contributed by atoms with van der Waals surface area (Å²) in [7, 11) is 0. The average molecular weight is 309 g/mol. The molecule has 1 N–H and O–H groups in total. The van der Waals surface area contributed by atoms with Gasteiger partial charge in [-0.15, -0.1) is 0 Å². The first-order valence-electron chi connectivity index (χ1n) is 6.69. The second-order valence-corrected chi connectivity index (χ2v) is 6.02. The highest BCUT2D eigenvalue weighted by Crippen LogP contribution is 2.30. The molecule has 1 aromatic heterocycles. The molecule has 0 saturated heterocycles. The van der Waals surface area contributed by atoms with Gasteiger partial charge in [0.25, 0.3) is 0 Å². The summed E-state index contributed by atoms with van der Waals surface area (Å²) in [6, 6.07) is 4.35. The minimum Gasteiger partial charge on any atom is -0.312 e. The van der Waals surface area contributed by atoms with E-state index < -0.39 is 11.6 Å². The first-order chi connectivity index (χ1) is 10.1. The Morgan fingerprint density at radius 2 is 1.76 bits per heavy atom. The summed E-state index contributed by atoms with van der Waals surface area (Å²) in [4.78, 5) is 7.83. The van der Waals surface area contributed by atoms with Crippen LogP contribution in [0.1, 0.15) is 19.4 Å². The standard InChI is InChI=1S/C15H17F2N3S/c1-10(2)8-18-9-11-6-12(16)14(13(17)7-11)21-15-19-4-3-5-20-15/h3-7,10,18H,8-9H2,1-2H3. The van der Waals surface area contributed by atoms with Crippen LogP contribution in [0.4, 0.5) is 8.78 Å². The highest BCUT2D eigenvalue weighted by atomic mass is 32.2. The molecule has 2 rings (SSSR count). The van der Waals surface area contributed by atoms with Crippen molar-refractivity contribution in [2.45, 2.75) is 30.4 Å². The zero-order valence-electron chi connectivity index (χ0n) is 11.9. The van der Waals surface area contributed by atoms with Crippen LogP contribution >= 0.6 is 11.8 Å². The summed E-state index contributed by atoms with van der Waals surface area (Å²) in [5.74, 6) is -0.688. The highest BCUT2D eigenvalue weighted by molar-refractivity contribution is 7.99. The lowest BCUT2D eigenvalue weighted by atomic mass is 10.2. The molecule has 0 saturated carbocycles. The molecule has 0 aliphatic heterocycles. The summed E-state index contributed by atoms with van der Waals surface area (Å²) in [6.45, 7) is 5.40. The van der Waals surface area contributed by atoms with Gasteiger partial charge in [-0.25, -0.2) is 18.7 Å². The van der Waals surface area contributed by atoms with Crippen molar-refractivity contribution in [1.29, 1.82) is 0 Å². The Morgan fingerprint density at radius 3 is 2.33 bits per heavy atom. The molecule has 3 nitrogen and oxygen atoms in total. The van der Waals surface area contributed by atoms with E-state index in [-0.39, 0.29) is 4.90 Å². The first-order valence-corrected chi connectivity index (χ1v) is 7.51. The third-order valence-corrected chi connectivity index (χ3v) is 3.66. The topological polar surface area (TPSA) is 37.8 Å². The largest absolute Gasteiger partial charge is 0.312 e. The van der Waals surface area contributed by atoms with Crippen LogP contribution in [0.25, 0.3) is 0 Å². The monoisotopic (exact) mass is 309 g/mol. The van der Waals surface area contributed by atoms with Crippen molar-refractivity contribution in [1.82, 2.24) is 15.3 Å². The van der Waals surface area contributed by atoms with Gasteiger partial charge in [-0.3, -0.25) is 0 Å². The van der Waals surface area contributed by atoms with Crippen LogP contribution in [0.15, 0.2) is 40.6 Å². The lowest BCUT2D eigenvalue weighted by molar-refractivity contribution is 0.525. The first kappa shape index (κ1) is 15.9. The van der Waals surface area contributed by atoms with Crippen molar-refractivity contribution >= 4 is 11.8 Å². The number of hydrogen-bond donors (Lipinski definition) is 1.